The first-order chi connectivity index (χ1) is 32.0. The molecule has 0 amide bonds. The maximum absolute atomic E-state index is 2.58. The van der Waals surface area contributed by atoms with E-state index >= 15 is 0 Å². The van der Waals surface area contributed by atoms with Crippen LogP contribution in [0.2, 0.25) is 0 Å². The van der Waals surface area contributed by atoms with Gasteiger partial charge in [0.05, 0.1) is 11.4 Å². The van der Waals surface area contributed by atoms with E-state index in [4.69, 9.17) is 0 Å². The second-order valence-electron chi connectivity index (χ2n) is 18.3. The third kappa shape index (κ3) is 5.93. The second kappa shape index (κ2) is 15.4. The van der Waals surface area contributed by atoms with Crippen LogP contribution in [0.5, 0.6) is 0 Å². The van der Waals surface area contributed by atoms with Crippen molar-refractivity contribution in [3.8, 4) is 22.3 Å². The molecule has 1 unspecified atom stereocenters. The van der Waals surface area contributed by atoms with Gasteiger partial charge in [-0.25, -0.2) is 0 Å². The van der Waals surface area contributed by atoms with Crippen LogP contribution in [0.25, 0.3) is 66.5 Å². The number of anilines is 3. The van der Waals surface area contributed by atoms with Crippen LogP contribution in [-0.4, -0.2) is 4.57 Å². The van der Waals surface area contributed by atoms with Crippen molar-refractivity contribution < 1.29 is 0 Å². The van der Waals surface area contributed by atoms with Gasteiger partial charge in [-0.1, -0.05) is 185 Å². The maximum Gasteiger partial charge on any atom is 0.0543 e. The molecule has 2 nitrogen and oxygen atoms in total. The Morgan fingerprint density at radius 2 is 1.22 bits per heavy atom. The van der Waals surface area contributed by atoms with E-state index < -0.39 is 0 Å². The highest BCUT2D eigenvalue weighted by atomic mass is 15.1. The van der Waals surface area contributed by atoms with E-state index in [-0.39, 0.29) is 5.41 Å². The molecule has 1 atom stereocenters. The predicted octanol–water partition coefficient (Wildman–Crippen LogP) is 17.0. The molecule has 12 rings (SSSR count). The Hall–Kier alpha value is -7.42. The molecule has 0 aliphatic heterocycles. The van der Waals surface area contributed by atoms with Crippen molar-refractivity contribution in [2.45, 2.75) is 51.4 Å². The first-order valence-electron chi connectivity index (χ1n) is 23.5. The van der Waals surface area contributed by atoms with Gasteiger partial charge in [0, 0.05) is 56.8 Å². The summed E-state index contributed by atoms with van der Waals surface area (Å²) in [4.78, 5) is 2.56. The van der Waals surface area contributed by atoms with Gasteiger partial charge < -0.3 is 9.47 Å². The van der Waals surface area contributed by atoms with Crippen molar-refractivity contribution in [3.63, 3.8) is 0 Å². The fourth-order valence-corrected chi connectivity index (χ4v) is 12.0. The summed E-state index contributed by atoms with van der Waals surface area (Å²) in [5.41, 5.74) is 22.2. The standard InChI is InChI=1S/C63H52N2/c1-5-63(6-2)54-38-42(37-45(43-21-9-7-10-22-43)39-44-23-19-33-57-60(44)53-30-17-18-32-56(53)64(57)4)35-36-52(54)61-51-29-16-14-27-49(51)59(40-55(61)63)65(46-24-11-8-12-25-46)58-34-20-31-48-41(3)47-26-13-15-28-50(47)62(48)58/h7-38,40-41H,5-6,39H2,1-4H3/b45-37-. The largest absolute Gasteiger partial charge is 0.344 e. The summed E-state index contributed by atoms with van der Waals surface area (Å²) in [6.45, 7) is 7.16. The molecule has 0 N–H and O–H groups in total. The van der Waals surface area contributed by atoms with Crippen LogP contribution in [0, 0.1) is 0 Å². The van der Waals surface area contributed by atoms with Gasteiger partial charge in [-0.3, -0.25) is 0 Å². The first kappa shape index (κ1) is 39.2. The Balaban J connectivity index is 1.05. The quantitative estimate of drug-likeness (QED) is 0.132. The van der Waals surface area contributed by atoms with E-state index in [1.165, 1.54) is 111 Å². The molecule has 10 aromatic rings. The van der Waals surface area contributed by atoms with Gasteiger partial charge in [0.2, 0.25) is 0 Å². The third-order valence-corrected chi connectivity index (χ3v) is 15.2. The number of hydrogen-bond donors (Lipinski definition) is 0. The Bertz CT molecular complexity index is 3510. The number of hydrogen-bond acceptors (Lipinski definition) is 1. The van der Waals surface area contributed by atoms with E-state index in [0.717, 1.165) is 24.9 Å². The molecule has 9 aromatic carbocycles. The normalized spacial score (nSPS) is 14.7. The lowest BCUT2D eigenvalue weighted by atomic mass is 9.73. The third-order valence-electron chi connectivity index (χ3n) is 15.2. The minimum absolute atomic E-state index is 0.170. The van der Waals surface area contributed by atoms with Crippen LogP contribution in [-0.2, 0) is 18.9 Å². The van der Waals surface area contributed by atoms with Crippen molar-refractivity contribution in [1.29, 1.82) is 0 Å². The van der Waals surface area contributed by atoms with Gasteiger partial charge in [-0.2, -0.15) is 0 Å². The molecule has 1 heterocycles. The molecular formula is C63H52N2. The number of aromatic nitrogens is 1. The fraction of sp³-hybridized carbons (Fsp3) is 0.143. The average molecular weight is 837 g/mol. The van der Waals surface area contributed by atoms with Crippen molar-refractivity contribution in [1.82, 2.24) is 4.57 Å². The van der Waals surface area contributed by atoms with Crippen molar-refractivity contribution in [2.24, 2.45) is 7.05 Å². The fourth-order valence-electron chi connectivity index (χ4n) is 12.0. The van der Waals surface area contributed by atoms with Gasteiger partial charge in [0.25, 0.3) is 0 Å². The van der Waals surface area contributed by atoms with E-state index in [2.05, 4.69) is 237 Å². The highest BCUT2D eigenvalue weighted by Crippen LogP contribution is 2.59. The number of nitrogens with zero attached hydrogens (tertiary/aromatic N) is 2. The first-order valence-corrected chi connectivity index (χ1v) is 23.5. The van der Waals surface area contributed by atoms with Gasteiger partial charge in [-0.15, -0.1) is 0 Å². The summed E-state index contributed by atoms with van der Waals surface area (Å²) in [7, 11) is 2.19. The summed E-state index contributed by atoms with van der Waals surface area (Å²) >= 11 is 0. The van der Waals surface area contributed by atoms with Crippen LogP contribution >= 0.6 is 0 Å². The van der Waals surface area contributed by atoms with E-state index in [9.17, 15) is 0 Å². The highest BCUT2D eigenvalue weighted by Gasteiger charge is 2.43. The number of aryl methyl sites for hydroxylation is 1. The molecule has 2 aliphatic carbocycles. The van der Waals surface area contributed by atoms with Gasteiger partial charge >= 0.3 is 0 Å². The highest BCUT2D eigenvalue weighted by molar-refractivity contribution is 6.12. The molecule has 2 heteroatoms. The molecular weight excluding hydrogens is 785 g/mol. The molecule has 2 aliphatic rings. The van der Waals surface area contributed by atoms with Crippen LogP contribution in [0.1, 0.15) is 78.5 Å². The Kier molecular flexibility index (Phi) is 9.28. The number of benzene rings is 9. The molecule has 65 heavy (non-hydrogen) atoms. The zero-order valence-electron chi connectivity index (χ0n) is 37.6. The maximum atomic E-state index is 2.58. The zero-order valence-corrected chi connectivity index (χ0v) is 37.6. The Labute approximate surface area is 382 Å². The van der Waals surface area contributed by atoms with Crippen molar-refractivity contribution in [2.75, 3.05) is 4.90 Å². The van der Waals surface area contributed by atoms with E-state index in [1.54, 1.807) is 0 Å². The topological polar surface area (TPSA) is 8.17 Å². The van der Waals surface area contributed by atoms with E-state index in [0.29, 0.717) is 5.92 Å². The summed E-state index contributed by atoms with van der Waals surface area (Å²) in [5, 5.41) is 5.23. The molecule has 1 aromatic heterocycles. The smallest absolute Gasteiger partial charge is 0.0543 e. The molecule has 0 saturated carbocycles. The zero-order chi connectivity index (χ0) is 43.8. The van der Waals surface area contributed by atoms with Gasteiger partial charge in [0.15, 0.2) is 0 Å². The molecule has 0 radical (unpaired) electrons. The summed E-state index contributed by atoms with van der Waals surface area (Å²) in [6, 6.07) is 72.7. The molecule has 0 bridgehead atoms. The van der Waals surface area contributed by atoms with Crippen LogP contribution in [0.3, 0.4) is 0 Å². The number of allylic oxidation sites excluding steroid dienone is 1. The lowest BCUT2D eigenvalue weighted by Gasteiger charge is -2.33. The summed E-state index contributed by atoms with van der Waals surface area (Å²) < 4.78 is 2.34. The van der Waals surface area contributed by atoms with Gasteiger partial charge in [0.1, 0.15) is 0 Å². The Morgan fingerprint density at radius 3 is 2.02 bits per heavy atom. The van der Waals surface area contributed by atoms with Crippen LogP contribution in [0.4, 0.5) is 17.1 Å². The molecule has 0 fully saturated rings. The SMILES string of the molecule is CCC1(CC)c2cc(/C=C(/Cc3cccc4c3c3ccccc3n4C)c3ccccc3)ccc2-c2c1cc(N(c1ccccc1)c1cccc3c1-c1ccccc1C3C)c1ccccc21. The Morgan fingerprint density at radius 1 is 0.554 bits per heavy atom. The minimum atomic E-state index is -0.170. The van der Waals surface area contributed by atoms with Crippen LogP contribution in [0.15, 0.2) is 194 Å². The molecule has 0 saturated heterocycles. The van der Waals surface area contributed by atoms with Gasteiger partial charge in [-0.05, 0) is 122 Å². The summed E-state index contributed by atoms with van der Waals surface area (Å²) in [5.74, 6) is 0.329. The predicted molar refractivity (Wildman–Crippen MR) is 277 cm³/mol. The lowest BCUT2D eigenvalue weighted by Crippen LogP contribution is -2.24. The van der Waals surface area contributed by atoms with Crippen molar-refractivity contribution in [3.05, 3.63) is 233 Å². The average Bonchev–Trinajstić information content (AvgIpc) is 3.94. The number of para-hydroxylation sites is 2. The van der Waals surface area contributed by atoms with E-state index in [1.807, 2.05) is 0 Å². The van der Waals surface area contributed by atoms with Crippen LogP contribution < -0.4 is 4.90 Å². The summed E-state index contributed by atoms with van der Waals surface area (Å²) in [6.07, 6.45) is 5.29. The van der Waals surface area contributed by atoms with Crippen molar-refractivity contribution >= 4 is 61.3 Å². The minimum Gasteiger partial charge on any atom is -0.344 e. The molecule has 314 valence electrons. The second-order valence-corrected chi connectivity index (χ2v) is 18.3. The number of rotatable bonds is 9. The monoisotopic (exact) mass is 836 g/mol. The number of fused-ring (bicyclic) bond motifs is 11. The molecule has 0 spiro atoms. The lowest BCUT2D eigenvalue weighted by molar-refractivity contribution is 0.490.